The zero-order valence-corrected chi connectivity index (χ0v) is 18.5. The molecule has 7 nitrogen and oxygen atoms in total. The average Bonchev–Trinajstić information content (AvgIpc) is 3.19. The van der Waals surface area contributed by atoms with E-state index in [2.05, 4.69) is 37.1 Å². The number of fused-ring (bicyclic) bond motifs is 1. The number of hydrogen-bond acceptors (Lipinski definition) is 5. The number of nitrogens with zero attached hydrogens (tertiary/aromatic N) is 4. The summed E-state index contributed by atoms with van der Waals surface area (Å²) in [6.45, 7) is 8.41. The van der Waals surface area contributed by atoms with Gasteiger partial charge in [0.25, 0.3) is 5.91 Å². The predicted molar refractivity (Wildman–Crippen MR) is 126 cm³/mol. The van der Waals surface area contributed by atoms with Crippen LogP contribution < -0.4 is 5.32 Å². The van der Waals surface area contributed by atoms with Crippen LogP contribution in [0.25, 0.3) is 16.5 Å². The first-order chi connectivity index (χ1) is 16.2. The number of hydrogen-bond donors (Lipinski definition) is 2. The molecule has 10 heteroatoms. The number of carbonyl (C=O) groups is 1. The highest BCUT2D eigenvalue weighted by molar-refractivity contribution is 6.11. The molecule has 0 spiro atoms. The molecule has 2 N–H and O–H groups in total. The van der Waals surface area contributed by atoms with Gasteiger partial charge in [0.15, 0.2) is 5.69 Å². The molecule has 1 fully saturated rings. The SMILES string of the molecule is C=N/C=C(\C=C(/C)c1ccc2[nH]nc(C(=O)Nc3cncc(C(F)(F)F)c3)c2c1)CN1CCC1. The standard InChI is InChI=1S/C24H23F3N6O/c1-15(8-16(11-28-2)14-33-6-3-7-33)17-4-5-21-20(9-17)22(32-31-21)23(34)30-19-10-18(12-29-13-19)24(25,26)27/h4-5,8-13H,2-3,6-7,14H2,1H3,(H,30,34)(H,31,32)/b15-8+,16-11+. The monoisotopic (exact) mass is 468 g/mol. The highest BCUT2D eigenvalue weighted by Gasteiger charge is 2.31. The molecule has 4 rings (SSSR count). The molecule has 0 unspecified atom stereocenters. The Morgan fingerprint density at radius 1 is 1.29 bits per heavy atom. The number of rotatable bonds is 7. The summed E-state index contributed by atoms with van der Waals surface area (Å²) in [5.74, 6) is -0.639. The van der Waals surface area contributed by atoms with Crippen LogP contribution in [-0.2, 0) is 6.18 Å². The van der Waals surface area contributed by atoms with Gasteiger partial charge in [0, 0.05) is 24.3 Å². The summed E-state index contributed by atoms with van der Waals surface area (Å²) in [6.07, 6.45) is 2.25. The Bertz CT molecular complexity index is 1290. The van der Waals surface area contributed by atoms with E-state index in [9.17, 15) is 18.0 Å². The maximum atomic E-state index is 12.9. The second kappa shape index (κ2) is 9.60. The molecule has 34 heavy (non-hydrogen) atoms. The van der Waals surface area contributed by atoms with Crippen LogP contribution in [0.4, 0.5) is 18.9 Å². The Hall–Kier alpha value is -3.79. The number of benzene rings is 1. The average molecular weight is 468 g/mol. The van der Waals surface area contributed by atoms with E-state index in [1.165, 1.54) is 6.42 Å². The number of carbonyl (C=O) groups excluding carboxylic acids is 1. The van der Waals surface area contributed by atoms with Crippen LogP contribution in [-0.4, -0.2) is 52.3 Å². The highest BCUT2D eigenvalue weighted by Crippen LogP contribution is 2.30. The van der Waals surface area contributed by atoms with Gasteiger partial charge in [0.2, 0.25) is 0 Å². The van der Waals surface area contributed by atoms with Crippen molar-refractivity contribution in [3.63, 3.8) is 0 Å². The van der Waals surface area contributed by atoms with E-state index in [1.54, 1.807) is 6.20 Å². The zero-order valence-electron chi connectivity index (χ0n) is 18.5. The Kier molecular flexibility index (Phi) is 6.60. The summed E-state index contributed by atoms with van der Waals surface area (Å²) in [7, 11) is 0. The first kappa shape index (κ1) is 23.4. The van der Waals surface area contributed by atoms with Gasteiger partial charge >= 0.3 is 6.18 Å². The van der Waals surface area contributed by atoms with Crippen LogP contribution in [0.5, 0.6) is 0 Å². The quantitative estimate of drug-likeness (QED) is 0.381. The third-order valence-corrected chi connectivity index (χ3v) is 5.57. The number of likely N-dealkylation sites (tertiary alicyclic amines) is 1. The van der Waals surface area contributed by atoms with Gasteiger partial charge in [0.1, 0.15) is 0 Å². The lowest BCUT2D eigenvalue weighted by atomic mass is 10.0. The Morgan fingerprint density at radius 2 is 2.09 bits per heavy atom. The minimum absolute atomic E-state index is 0.0686. The van der Waals surface area contributed by atoms with Crippen molar-refractivity contribution in [2.45, 2.75) is 19.5 Å². The van der Waals surface area contributed by atoms with Crippen molar-refractivity contribution in [1.29, 1.82) is 0 Å². The zero-order chi connectivity index (χ0) is 24.3. The Balaban J connectivity index is 1.59. The third kappa shape index (κ3) is 5.23. The normalized spacial score (nSPS) is 15.3. The number of pyridine rings is 1. The number of nitrogens with one attached hydrogen (secondary N) is 2. The molecule has 2 aromatic heterocycles. The molecule has 0 bridgehead atoms. The fourth-order valence-corrected chi connectivity index (χ4v) is 3.69. The van der Waals surface area contributed by atoms with Crippen LogP contribution in [0, 0.1) is 0 Å². The summed E-state index contributed by atoms with van der Waals surface area (Å²) in [4.78, 5) is 22.6. The van der Waals surface area contributed by atoms with E-state index in [0.717, 1.165) is 48.6 Å². The van der Waals surface area contributed by atoms with Crippen molar-refractivity contribution in [2.24, 2.45) is 4.99 Å². The van der Waals surface area contributed by atoms with E-state index in [4.69, 9.17) is 0 Å². The fraction of sp³-hybridized carbons (Fsp3) is 0.250. The Morgan fingerprint density at radius 3 is 2.76 bits per heavy atom. The smallest absolute Gasteiger partial charge is 0.319 e. The molecule has 1 saturated heterocycles. The summed E-state index contributed by atoms with van der Waals surface area (Å²) in [6, 6.07) is 6.37. The number of aromatic nitrogens is 3. The van der Waals surface area contributed by atoms with Gasteiger partial charge in [-0.2, -0.15) is 18.3 Å². The third-order valence-electron chi connectivity index (χ3n) is 5.57. The minimum Gasteiger partial charge on any atom is -0.319 e. The molecule has 1 aliphatic rings. The van der Waals surface area contributed by atoms with E-state index in [1.807, 2.05) is 31.2 Å². The van der Waals surface area contributed by atoms with Crippen LogP contribution >= 0.6 is 0 Å². The van der Waals surface area contributed by atoms with Crippen molar-refractivity contribution in [3.8, 4) is 0 Å². The van der Waals surface area contributed by atoms with Gasteiger partial charge in [-0.25, -0.2) is 0 Å². The number of halogens is 3. The number of aliphatic imine (C=N–C) groups is 1. The molecule has 176 valence electrons. The molecular formula is C24H23F3N6O. The summed E-state index contributed by atoms with van der Waals surface area (Å²) in [5.41, 5.74) is 2.56. The first-order valence-electron chi connectivity index (χ1n) is 10.6. The molecule has 1 amide bonds. The summed E-state index contributed by atoms with van der Waals surface area (Å²) >= 11 is 0. The van der Waals surface area contributed by atoms with Gasteiger partial charge < -0.3 is 5.32 Å². The van der Waals surface area contributed by atoms with Crippen LogP contribution in [0.2, 0.25) is 0 Å². The first-order valence-corrected chi connectivity index (χ1v) is 10.6. The maximum absolute atomic E-state index is 12.9. The second-order valence-electron chi connectivity index (χ2n) is 8.09. The van der Waals surface area contributed by atoms with E-state index in [0.29, 0.717) is 17.1 Å². The molecule has 1 aromatic carbocycles. The lowest BCUT2D eigenvalue weighted by Gasteiger charge is -2.30. The van der Waals surface area contributed by atoms with Crippen LogP contribution in [0.3, 0.4) is 0 Å². The topological polar surface area (TPSA) is 86.3 Å². The second-order valence-corrected chi connectivity index (χ2v) is 8.09. The van der Waals surface area contributed by atoms with E-state index >= 15 is 0 Å². The summed E-state index contributed by atoms with van der Waals surface area (Å²) < 4.78 is 38.8. The van der Waals surface area contributed by atoms with Crippen LogP contribution in [0.15, 0.2) is 59.5 Å². The largest absolute Gasteiger partial charge is 0.417 e. The lowest BCUT2D eigenvalue weighted by Crippen LogP contribution is -2.38. The van der Waals surface area contributed by atoms with Crippen molar-refractivity contribution in [2.75, 3.05) is 25.0 Å². The molecule has 3 aromatic rings. The predicted octanol–water partition coefficient (Wildman–Crippen LogP) is 4.92. The molecule has 1 aliphatic heterocycles. The molecule has 0 radical (unpaired) electrons. The number of aromatic amines is 1. The molecule has 0 saturated carbocycles. The number of H-pyrrole nitrogens is 1. The fourth-order valence-electron chi connectivity index (χ4n) is 3.69. The highest BCUT2D eigenvalue weighted by atomic mass is 19.4. The molecule has 0 atom stereocenters. The van der Waals surface area contributed by atoms with Gasteiger partial charge in [-0.1, -0.05) is 12.1 Å². The van der Waals surface area contributed by atoms with Crippen molar-refractivity contribution >= 4 is 34.8 Å². The number of anilines is 1. The lowest BCUT2D eigenvalue weighted by molar-refractivity contribution is -0.137. The van der Waals surface area contributed by atoms with Gasteiger partial charge in [-0.05, 0) is 68.1 Å². The molecular weight excluding hydrogens is 445 g/mol. The number of allylic oxidation sites excluding steroid dienone is 1. The number of alkyl halides is 3. The maximum Gasteiger partial charge on any atom is 0.417 e. The summed E-state index contributed by atoms with van der Waals surface area (Å²) in [5, 5.41) is 9.86. The van der Waals surface area contributed by atoms with Gasteiger partial charge in [0.05, 0.1) is 23.0 Å². The Labute approximate surface area is 194 Å². The van der Waals surface area contributed by atoms with E-state index < -0.39 is 17.6 Å². The van der Waals surface area contributed by atoms with Gasteiger partial charge in [-0.3, -0.25) is 24.8 Å². The number of amides is 1. The molecule has 0 aliphatic carbocycles. The van der Waals surface area contributed by atoms with Crippen molar-refractivity contribution in [1.82, 2.24) is 20.1 Å². The molecule has 3 heterocycles. The minimum atomic E-state index is -4.56. The van der Waals surface area contributed by atoms with Gasteiger partial charge in [-0.15, -0.1) is 0 Å². The van der Waals surface area contributed by atoms with E-state index in [-0.39, 0.29) is 11.4 Å². The van der Waals surface area contributed by atoms with Crippen molar-refractivity contribution < 1.29 is 18.0 Å². The van der Waals surface area contributed by atoms with Crippen LogP contribution in [0.1, 0.15) is 35.0 Å². The van der Waals surface area contributed by atoms with Crippen molar-refractivity contribution in [3.05, 3.63) is 71.3 Å².